The topological polar surface area (TPSA) is 63.5 Å². The number of likely N-dealkylation sites (tertiary alicyclic amines) is 1. The molecular weight excluding hydrogens is 354 g/mol. The van der Waals surface area contributed by atoms with E-state index in [4.69, 9.17) is 4.74 Å². The summed E-state index contributed by atoms with van der Waals surface area (Å²) in [6, 6.07) is 7.82. The van der Waals surface area contributed by atoms with Crippen molar-refractivity contribution in [3.8, 4) is 0 Å². The monoisotopic (exact) mass is 383 g/mol. The van der Waals surface area contributed by atoms with Gasteiger partial charge in [0.15, 0.2) is 0 Å². The van der Waals surface area contributed by atoms with Gasteiger partial charge in [0.1, 0.15) is 11.6 Å². The Morgan fingerprint density at radius 2 is 1.96 bits per heavy atom. The first-order valence-corrected chi connectivity index (χ1v) is 10.2. The first-order valence-electron chi connectivity index (χ1n) is 10.2. The third kappa shape index (κ3) is 3.95. The third-order valence-corrected chi connectivity index (χ3v) is 5.92. The number of amides is 1. The summed E-state index contributed by atoms with van der Waals surface area (Å²) in [5.41, 5.74) is 1.83. The van der Waals surface area contributed by atoms with Gasteiger partial charge >= 0.3 is 0 Å². The lowest BCUT2D eigenvalue weighted by atomic mass is 9.96. The number of benzene rings is 1. The number of nitrogens with zero attached hydrogens (tertiary/aromatic N) is 5. The number of rotatable bonds is 4. The van der Waals surface area contributed by atoms with Crippen LogP contribution in [0.1, 0.15) is 46.3 Å². The highest BCUT2D eigenvalue weighted by Crippen LogP contribution is 2.27. The fourth-order valence-electron chi connectivity index (χ4n) is 4.18. The molecule has 1 unspecified atom stereocenters. The second-order valence-corrected chi connectivity index (χ2v) is 7.83. The average Bonchev–Trinajstić information content (AvgIpc) is 3.09. The maximum Gasteiger partial charge on any atom is 0.254 e. The van der Waals surface area contributed by atoms with Crippen LogP contribution in [0.4, 0.5) is 0 Å². The lowest BCUT2D eigenvalue weighted by Crippen LogP contribution is -2.40. The Balaban J connectivity index is 1.46. The molecule has 2 saturated heterocycles. The third-order valence-electron chi connectivity index (χ3n) is 5.92. The molecule has 1 atom stereocenters. The highest BCUT2D eigenvalue weighted by molar-refractivity contribution is 5.95. The second kappa shape index (κ2) is 8.41. The van der Waals surface area contributed by atoms with E-state index in [1.54, 1.807) is 0 Å². The molecule has 1 amide bonds. The van der Waals surface area contributed by atoms with Gasteiger partial charge in [-0.1, -0.05) is 18.2 Å². The van der Waals surface area contributed by atoms with Gasteiger partial charge in [0, 0.05) is 44.7 Å². The normalized spacial score (nSPS) is 21.1. The van der Waals surface area contributed by atoms with Gasteiger partial charge in [0.05, 0.1) is 19.8 Å². The van der Waals surface area contributed by atoms with Crippen LogP contribution in [0, 0.1) is 6.92 Å². The van der Waals surface area contributed by atoms with Gasteiger partial charge in [0.25, 0.3) is 5.91 Å². The Morgan fingerprint density at radius 3 is 2.75 bits per heavy atom. The number of hydrogen-bond acceptors (Lipinski definition) is 5. The van der Waals surface area contributed by atoms with Crippen LogP contribution < -0.4 is 0 Å². The lowest BCUT2D eigenvalue weighted by molar-refractivity contribution is 0.0326. The Kier molecular flexibility index (Phi) is 5.73. The molecule has 1 aromatic heterocycles. The van der Waals surface area contributed by atoms with Gasteiger partial charge in [-0.15, -0.1) is 10.2 Å². The van der Waals surface area contributed by atoms with Crippen molar-refractivity contribution in [3.05, 3.63) is 47.0 Å². The highest BCUT2D eigenvalue weighted by Gasteiger charge is 2.29. The maximum atomic E-state index is 13.0. The zero-order chi connectivity index (χ0) is 19.5. The Morgan fingerprint density at radius 1 is 1.18 bits per heavy atom. The first kappa shape index (κ1) is 19.1. The van der Waals surface area contributed by atoms with Crippen molar-refractivity contribution >= 4 is 5.91 Å². The minimum atomic E-state index is 0.124. The zero-order valence-electron chi connectivity index (χ0n) is 16.8. The van der Waals surface area contributed by atoms with Crippen LogP contribution >= 0.6 is 0 Å². The van der Waals surface area contributed by atoms with Crippen LogP contribution in [0.5, 0.6) is 0 Å². The smallest absolute Gasteiger partial charge is 0.254 e. The first-order chi connectivity index (χ1) is 13.6. The summed E-state index contributed by atoms with van der Waals surface area (Å²) in [4.78, 5) is 17.3. The van der Waals surface area contributed by atoms with Crippen LogP contribution in [0.15, 0.2) is 24.3 Å². The van der Waals surface area contributed by atoms with Gasteiger partial charge in [-0.05, 0) is 31.4 Å². The zero-order valence-corrected chi connectivity index (χ0v) is 16.8. The van der Waals surface area contributed by atoms with Crippen molar-refractivity contribution in [1.29, 1.82) is 0 Å². The standard InChI is InChI=1S/C21H29N5O2/c1-16-6-3-4-8-18(16)21(27)26-9-5-7-17(14-26)20-23-22-19(24(20)2)15-25-10-12-28-13-11-25/h3-4,6,8,17H,5,7,9-15H2,1-2H3. The predicted octanol–water partition coefficient (Wildman–Crippen LogP) is 1.98. The summed E-state index contributed by atoms with van der Waals surface area (Å²) in [6.45, 7) is 7.74. The van der Waals surface area contributed by atoms with Gasteiger partial charge in [-0.25, -0.2) is 0 Å². The highest BCUT2D eigenvalue weighted by atomic mass is 16.5. The fraction of sp³-hybridized carbons (Fsp3) is 0.571. The summed E-state index contributed by atoms with van der Waals surface area (Å²) >= 11 is 0. The van der Waals surface area contributed by atoms with Gasteiger partial charge in [0.2, 0.25) is 0 Å². The molecule has 150 valence electrons. The molecule has 1 aromatic carbocycles. The van der Waals surface area contributed by atoms with Crippen molar-refractivity contribution < 1.29 is 9.53 Å². The van der Waals surface area contributed by atoms with E-state index >= 15 is 0 Å². The molecule has 7 nitrogen and oxygen atoms in total. The second-order valence-electron chi connectivity index (χ2n) is 7.83. The summed E-state index contributed by atoms with van der Waals surface area (Å²) in [5.74, 6) is 2.33. The number of carbonyl (C=O) groups is 1. The van der Waals surface area contributed by atoms with E-state index < -0.39 is 0 Å². The molecular formula is C21H29N5O2. The van der Waals surface area contributed by atoms with Crippen molar-refractivity contribution in [2.45, 2.75) is 32.2 Å². The molecule has 0 spiro atoms. The van der Waals surface area contributed by atoms with E-state index in [0.717, 1.165) is 75.0 Å². The molecule has 4 rings (SSSR count). The summed E-state index contributed by atoms with van der Waals surface area (Å²) in [6.07, 6.45) is 2.04. The van der Waals surface area contributed by atoms with Crippen molar-refractivity contribution in [3.63, 3.8) is 0 Å². The van der Waals surface area contributed by atoms with Crippen molar-refractivity contribution in [1.82, 2.24) is 24.6 Å². The molecule has 3 heterocycles. The van der Waals surface area contributed by atoms with E-state index in [-0.39, 0.29) is 11.8 Å². The molecule has 0 radical (unpaired) electrons. The SMILES string of the molecule is Cc1ccccc1C(=O)N1CCCC(c2nnc(CN3CCOCC3)n2C)C1. The molecule has 0 aliphatic carbocycles. The molecule has 2 fully saturated rings. The Bertz CT molecular complexity index is 828. The maximum absolute atomic E-state index is 13.0. The summed E-state index contributed by atoms with van der Waals surface area (Å²) < 4.78 is 7.55. The number of hydrogen-bond donors (Lipinski definition) is 0. The number of carbonyl (C=O) groups excluding carboxylic acids is 1. The van der Waals surface area contributed by atoms with Crippen LogP contribution in [-0.4, -0.2) is 69.9 Å². The van der Waals surface area contributed by atoms with Crippen LogP contribution in [0.3, 0.4) is 0 Å². The Hall–Kier alpha value is -2.25. The van der Waals surface area contributed by atoms with E-state index in [1.165, 1.54) is 0 Å². The summed E-state index contributed by atoms with van der Waals surface area (Å²) in [5, 5.41) is 8.96. The molecule has 2 aliphatic heterocycles. The molecule has 2 aromatic rings. The lowest BCUT2D eigenvalue weighted by Gasteiger charge is -2.32. The average molecular weight is 383 g/mol. The van der Waals surface area contributed by atoms with E-state index in [0.29, 0.717) is 6.54 Å². The van der Waals surface area contributed by atoms with Gasteiger partial charge < -0.3 is 14.2 Å². The number of ether oxygens (including phenoxy) is 1. The number of piperidine rings is 1. The molecule has 2 aliphatic rings. The number of aromatic nitrogens is 3. The molecule has 0 N–H and O–H groups in total. The molecule has 28 heavy (non-hydrogen) atoms. The van der Waals surface area contributed by atoms with Gasteiger partial charge in [-0.3, -0.25) is 9.69 Å². The van der Waals surface area contributed by atoms with Crippen molar-refractivity contribution in [2.24, 2.45) is 7.05 Å². The minimum absolute atomic E-state index is 0.124. The summed E-state index contributed by atoms with van der Waals surface area (Å²) in [7, 11) is 2.05. The van der Waals surface area contributed by atoms with E-state index in [2.05, 4.69) is 19.7 Å². The van der Waals surface area contributed by atoms with Crippen LogP contribution in [0.2, 0.25) is 0 Å². The van der Waals surface area contributed by atoms with Crippen LogP contribution in [-0.2, 0) is 18.3 Å². The fourth-order valence-corrected chi connectivity index (χ4v) is 4.18. The quantitative estimate of drug-likeness (QED) is 0.808. The Labute approximate surface area is 166 Å². The van der Waals surface area contributed by atoms with E-state index in [1.807, 2.05) is 43.1 Å². The largest absolute Gasteiger partial charge is 0.379 e. The van der Waals surface area contributed by atoms with Gasteiger partial charge in [-0.2, -0.15) is 0 Å². The number of morpholine rings is 1. The van der Waals surface area contributed by atoms with E-state index in [9.17, 15) is 4.79 Å². The predicted molar refractivity (Wildman–Crippen MR) is 106 cm³/mol. The van der Waals surface area contributed by atoms with Crippen LogP contribution in [0.25, 0.3) is 0 Å². The molecule has 7 heteroatoms. The molecule has 0 bridgehead atoms. The number of aryl methyl sites for hydroxylation is 1. The van der Waals surface area contributed by atoms with Crippen molar-refractivity contribution in [2.75, 3.05) is 39.4 Å². The minimum Gasteiger partial charge on any atom is -0.379 e. The molecule has 0 saturated carbocycles.